The van der Waals surface area contributed by atoms with Crippen molar-refractivity contribution in [3.63, 3.8) is 0 Å². The summed E-state index contributed by atoms with van der Waals surface area (Å²) in [5.74, 6) is -0.442. The standard InChI is InChI=1S/C27H35ClN4O4S/c1-2-31-17-5-6-23(31)18-30-26(33)21-10-8-20(9-11-21)19-32(25-7-3-4-16-29-27(25)34)37(35,36)24-14-12-22(28)13-15-24/h8-15,23,25H,2-7,16-19H2,1H3,(H,29,34)(H,30,33)/t23-,25-/m1/s1. The van der Waals surface area contributed by atoms with Gasteiger partial charge in [0, 0.05) is 36.3 Å². The average Bonchev–Trinajstić information content (AvgIpc) is 3.26. The third-order valence-electron chi connectivity index (χ3n) is 7.23. The molecule has 2 aromatic rings. The number of sulfonamides is 1. The molecule has 2 fully saturated rings. The molecule has 200 valence electrons. The van der Waals surface area contributed by atoms with Gasteiger partial charge in [0.25, 0.3) is 5.91 Å². The minimum absolute atomic E-state index is 0.0124. The van der Waals surface area contributed by atoms with Crippen LogP contribution in [0.1, 0.15) is 54.9 Å². The molecule has 2 saturated heterocycles. The smallest absolute Gasteiger partial charge is 0.251 e. The van der Waals surface area contributed by atoms with Crippen molar-refractivity contribution in [2.24, 2.45) is 0 Å². The van der Waals surface area contributed by atoms with Gasteiger partial charge in [-0.1, -0.05) is 30.7 Å². The second-order valence-electron chi connectivity index (χ2n) is 9.64. The minimum atomic E-state index is -3.99. The Morgan fingerprint density at radius 2 is 1.81 bits per heavy atom. The maximum Gasteiger partial charge on any atom is 0.251 e. The van der Waals surface area contributed by atoms with Gasteiger partial charge in [-0.25, -0.2) is 8.42 Å². The molecule has 0 saturated carbocycles. The molecule has 0 aromatic heterocycles. The number of nitrogens with one attached hydrogen (secondary N) is 2. The van der Waals surface area contributed by atoms with E-state index in [0.717, 1.165) is 38.8 Å². The van der Waals surface area contributed by atoms with Gasteiger partial charge in [-0.15, -0.1) is 0 Å². The van der Waals surface area contributed by atoms with Gasteiger partial charge in [0.1, 0.15) is 6.04 Å². The summed E-state index contributed by atoms with van der Waals surface area (Å²) < 4.78 is 28.6. The number of halogens is 1. The molecule has 0 unspecified atom stereocenters. The fourth-order valence-corrected chi connectivity index (χ4v) is 6.83. The van der Waals surface area contributed by atoms with Gasteiger partial charge in [0.2, 0.25) is 15.9 Å². The van der Waals surface area contributed by atoms with E-state index < -0.39 is 16.1 Å². The van der Waals surface area contributed by atoms with E-state index in [1.54, 1.807) is 24.3 Å². The fourth-order valence-electron chi connectivity index (χ4n) is 5.10. The maximum absolute atomic E-state index is 13.7. The fraction of sp³-hybridized carbons (Fsp3) is 0.481. The second-order valence-corrected chi connectivity index (χ2v) is 12.0. The van der Waals surface area contributed by atoms with Crippen molar-refractivity contribution in [1.29, 1.82) is 0 Å². The zero-order valence-corrected chi connectivity index (χ0v) is 22.7. The summed E-state index contributed by atoms with van der Waals surface area (Å²) in [5, 5.41) is 6.30. The molecule has 2 amide bonds. The van der Waals surface area contributed by atoms with Gasteiger partial charge in [-0.2, -0.15) is 4.31 Å². The summed E-state index contributed by atoms with van der Waals surface area (Å²) in [6, 6.07) is 12.4. The first-order valence-electron chi connectivity index (χ1n) is 13.0. The van der Waals surface area contributed by atoms with Crippen molar-refractivity contribution in [1.82, 2.24) is 19.8 Å². The molecule has 4 rings (SSSR count). The van der Waals surface area contributed by atoms with E-state index >= 15 is 0 Å². The number of rotatable bonds is 9. The van der Waals surface area contributed by atoms with Gasteiger partial charge >= 0.3 is 0 Å². The van der Waals surface area contributed by atoms with Crippen LogP contribution >= 0.6 is 11.6 Å². The molecule has 2 aliphatic rings. The van der Waals surface area contributed by atoms with E-state index in [-0.39, 0.29) is 23.3 Å². The number of carbonyl (C=O) groups excluding carboxylic acids is 2. The van der Waals surface area contributed by atoms with Crippen molar-refractivity contribution in [2.45, 2.75) is 62.6 Å². The predicted octanol–water partition coefficient (Wildman–Crippen LogP) is 3.41. The van der Waals surface area contributed by atoms with Crippen LogP contribution in [-0.2, 0) is 21.4 Å². The van der Waals surface area contributed by atoms with Crippen molar-refractivity contribution in [3.8, 4) is 0 Å². The number of likely N-dealkylation sites (N-methyl/N-ethyl adjacent to an activating group) is 1. The SMILES string of the molecule is CCN1CCC[C@@H]1CNC(=O)c1ccc(CN([C@@H]2CCCCNC2=O)S(=O)(=O)c2ccc(Cl)cc2)cc1. The van der Waals surface area contributed by atoms with E-state index in [9.17, 15) is 18.0 Å². The zero-order chi connectivity index (χ0) is 26.4. The summed E-state index contributed by atoms with van der Waals surface area (Å²) in [6.07, 6.45) is 4.22. The van der Waals surface area contributed by atoms with Gasteiger partial charge in [-0.3, -0.25) is 14.5 Å². The molecule has 2 atom stereocenters. The van der Waals surface area contributed by atoms with Gasteiger partial charge in [0.05, 0.1) is 4.90 Å². The number of hydrogen-bond acceptors (Lipinski definition) is 5. The van der Waals surface area contributed by atoms with Crippen LogP contribution in [0.15, 0.2) is 53.4 Å². The van der Waals surface area contributed by atoms with Crippen LogP contribution in [0, 0.1) is 0 Å². The molecule has 2 aliphatic heterocycles. The predicted molar refractivity (Wildman–Crippen MR) is 144 cm³/mol. The van der Waals surface area contributed by atoms with Crippen molar-refractivity contribution in [2.75, 3.05) is 26.2 Å². The third kappa shape index (κ3) is 6.71. The average molecular weight is 547 g/mol. The summed E-state index contributed by atoms with van der Waals surface area (Å²) >= 11 is 5.97. The van der Waals surface area contributed by atoms with E-state index in [4.69, 9.17) is 11.6 Å². The molecule has 37 heavy (non-hydrogen) atoms. The zero-order valence-electron chi connectivity index (χ0n) is 21.2. The van der Waals surface area contributed by atoms with E-state index in [2.05, 4.69) is 22.5 Å². The molecular formula is C27H35ClN4O4S. The van der Waals surface area contributed by atoms with Gasteiger partial charge in [0.15, 0.2) is 0 Å². The lowest BCUT2D eigenvalue weighted by molar-refractivity contribution is -0.124. The number of nitrogens with zero attached hydrogens (tertiary/aromatic N) is 2. The van der Waals surface area contributed by atoms with E-state index in [1.807, 2.05) is 0 Å². The third-order valence-corrected chi connectivity index (χ3v) is 9.35. The highest BCUT2D eigenvalue weighted by Crippen LogP contribution is 2.26. The molecule has 8 nitrogen and oxygen atoms in total. The number of carbonyl (C=O) groups is 2. The quantitative estimate of drug-likeness (QED) is 0.502. The normalized spacial score (nSPS) is 21.0. The molecule has 10 heteroatoms. The molecule has 2 N–H and O–H groups in total. The first-order chi connectivity index (χ1) is 17.8. The lowest BCUT2D eigenvalue weighted by Gasteiger charge is -2.29. The van der Waals surface area contributed by atoms with E-state index in [0.29, 0.717) is 41.7 Å². The Labute approximate surface area is 224 Å². The van der Waals surface area contributed by atoms with Crippen molar-refractivity contribution < 1.29 is 18.0 Å². The summed E-state index contributed by atoms with van der Waals surface area (Å²) in [7, 11) is -3.99. The van der Waals surface area contributed by atoms with Crippen LogP contribution in [0.5, 0.6) is 0 Å². The van der Waals surface area contributed by atoms with Crippen LogP contribution in [0.4, 0.5) is 0 Å². The molecule has 2 aromatic carbocycles. The van der Waals surface area contributed by atoms with Crippen LogP contribution in [-0.4, -0.2) is 67.7 Å². The summed E-state index contributed by atoms with van der Waals surface area (Å²) in [5.41, 5.74) is 1.21. The van der Waals surface area contributed by atoms with Gasteiger partial charge in [-0.05, 0) is 87.2 Å². The second kappa shape index (κ2) is 12.4. The molecule has 0 aliphatic carbocycles. The lowest BCUT2D eigenvalue weighted by Crippen LogP contribution is -2.48. The highest BCUT2D eigenvalue weighted by atomic mass is 35.5. The Morgan fingerprint density at radius 3 is 2.51 bits per heavy atom. The number of hydrogen-bond donors (Lipinski definition) is 2. The monoisotopic (exact) mass is 546 g/mol. The topological polar surface area (TPSA) is 98.8 Å². The Hall–Kier alpha value is -2.46. The first kappa shape index (κ1) is 27.6. The van der Waals surface area contributed by atoms with Crippen molar-refractivity contribution in [3.05, 3.63) is 64.7 Å². The number of likely N-dealkylation sites (tertiary alicyclic amines) is 1. The summed E-state index contributed by atoms with van der Waals surface area (Å²) in [4.78, 5) is 28.0. The maximum atomic E-state index is 13.7. The Bertz CT molecular complexity index is 1190. The molecule has 0 spiro atoms. The van der Waals surface area contributed by atoms with Crippen LogP contribution < -0.4 is 10.6 Å². The van der Waals surface area contributed by atoms with Crippen LogP contribution in [0.25, 0.3) is 0 Å². The molecular weight excluding hydrogens is 512 g/mol. The Kier molecular flexibility index (Phi) is 9.23. The largest absolute Gasteiger partial charge is 0.355 e. The molecule has 2 heterocycles. The van der Waals surface area contributed by atoms with E-state index in [1.165, 1.54) is 28.6 Å². The highest BCUT2D eigenvalue weighted by molar-refractivity contribution is 7.89. The first-order valence-corrected chi connectivity index (χ1v) is 14.8. The summed E-state index contributed by atoms with van der Waals surface area (Å²) in [6.45, 7) is 5.33. The lowest BCUT2D eigenvalue weighted by atomic mass is 10.1. The van der Waals surface area contributed by atoms with Crippen molar-refractivity contribution >= 4 is 33.4 Å². The molecule has 0 radical (unpaired) electrons. The Balaban J connectivity index is 1.51. The minimum Gasteiger partial charge on any atom is -0.355 e. The molecule has 0 bridgehead atoms. The number of benzene rings is 2. The van der Waals surface area contributed by atoms with Gasteiger partial charge < -0.3 is 10.6 Å². The highest BCUT2D eigenvalue weighted by Gasteiger charge is 2.36. The number of amides is 2. The van der Waals surface area contributed by atoms with Crippen LogP contribution in [0.3, 0.4) is 0 Å². The Morgan fingerprint density at radius 1 is 1.08 bits per heavy atom. The van der Waals surface area contributed by atoms with Crippen LogP contribution in [0.2, 0.25) is 5.02 Å².